The van der Waals surface area contributed by atoms with Gasteiger partial charge in [-0.05, 0) is 99.8 Å². The lowest BCUT2D eigenvalue weighted by molar-refractivity contribution is 1.18. The van der Waals surface area contributed by atoms with Gasteiger partial charge >= 0.3 is 11.7 Å². The minimum absolute atomic E-state index is 0.672. The highest BCUT2D eigenvalue weighted by molar-refractivity contribution is 6.24. The Labute approximate surface area is 307 Å². The quantitative estimate of drug-likeness (QED) is 0.175. The van der Waals surface area contributed by atoms with Gasteiger partial charge in [0.1, 0.15) is 0 Å². The number of hydrogen-bond donors (Lipinski definition) is 1. The van der Waals surface area contributed by atoms with Crippen molar-refractivity contribution in [3.05, 3.63) is 211 Å². The predicted octanol–water partition coefficient (Wildman–Crippen LogP) is 10.6. The van der Waals surface area contributed by atoms with Crippen molar-refractivity contribution >= 4 is 50.1 Å². The summed E-state index contributed by atoms with van der Waals surface area (Å²) < 4.78 is 7.40. The third-order valence-electron chi connectivity index (χ3n) is 10.1. The predicted molar refractivity (Wildman–Crippen MR) is 222 cm³/mol. The fourth-order valence-electron chi connectivity index (χ4n) is 7.51. The van der Waals surface area contributed by atoms with Crippen molar-refractivity contribution in [1.29, 1.82) is 0 Å². The average molecular weight is 678 g/mol. The SMILES string of the molecule is c1ccc(C2=[N+]=C(c3ccc(-c4ccccc4)cc3)N=C(c3cccc(-c4ccc5ccc6c(c5c4)c4ccccc4n6-c4ccccc4)c3)N2)cc1. The highest BCUT2D eigenvalue weighted by atomic mass is 15.1. The van der Waals surface area contributed by atoms with Gasteiger partial charge < -0.3 is 4.57 Å². The molecule has 0 amide bonds. The van der Waals surface area contributed by atoms with Crippen molar-refractivity contribution < 1.29 is 0 Å². The van der Waals surface area contributed by atoms with E-state index in [1.54, 1.807) is 0 Å². The Balaban J connectivity index is 1.07. The summed E-state index contributed by atoms with van der Waals surface area (Å²) in [5, 5.41) is 8.53. The van der Waals surface area contributed by atoms with Gasteiger partial charge in [-0.3, -0.25) is 0 Å². The second-order valence-corrected chi connectivity index (χ2v) is 13.3. The molecule has 4 heteroatoms. The number of hydrogen-bond acceptors (Lipinski definition) is 2. The van der Waals surface area contributed by atoms with Gasteiger partial charge in [0.25, 0.3) is 5.84 Å². The molecule has 1 aliphatic heterocycles. The Kier molecular flexibility index (Phi) is 7.39. The van der Waals surface area contributed by atoms with E-state index in [1.807, 2.05) is 24.3 Å². The zero-order valence-corrected chi connectivity index (χ0v) is 28.8. The number of fused-ring (bicyclic) bond motifs is 5. The molecule has 9 aromatic rings. The van der Waals surface area contributed by atoms with Gasteiger partial charge in [-0.1, -0.05) is 132 Å². The summed E-state index contributed by atoms with van der Waals surface area (Å²) >= 11 is 0. The first-order valence-corrected chi connectivity index (χ1v) is 17.9. The molecule has 4 nitrogen and oxygen atoms in total. The second kappa shape index (κ2) is 12.8. The van der Waals surface area contributed by atoms with Crippen LogP contribution in [0.5, 0.6) is 0 Å². The van der Waals surface area contributed by atoms with Gasteiger partial charge in [0.05, 0.1) is 27.7 Å². The zero-order valence-electron chi connectivity index (χ0n) is 28.8. The fraction of sp³-hybridized carbons (Fsp3) is 0. The molecule has 0 spiro atoms. The Morgan fingerprint density at radius 3 is 1.79 bits per heavy atom. The third-order valence-corrected chi connectivity index (χ3v) is 10.1. The number of para-hydroxylation sites is 2. The number of rotatable bonds is 6. The summed E-state index contributed by atoms with van der Waals surface area (Å²) in [6.07, 6.45) is 0. The molecule has 8 aromatic carbocycles. The largest absolute Gasteiger partial charge is 0.360 e. The van der Waals surface area contributed by atoms with Crippen molar-refractivity contribution in [2.45, 2.75) is 0 Å². The van der Waals surface area contributed by atoms with Crippen LogP contribution in [-0.4, -0.2) is 22.1 Å². The molecule has 0 atom stereocenters. The number of amidine groups is 3. The lowest BCUT2D eigenvalue weighted by Gasteiger charge is -2.11. The van der Waals surface area contributed by atoms with Gasteiger partial charge in [0, 0.05) is 16.5 Å². The van der Waals surface area contributed by atoms with Crippen LogP contribution in [0.15, 0.2) is 199 Å². The number of nitrogens with zero attached hydrogens (tertiary/aromatic N) is 3. The standard InChI is InChI=1S/C49H32N4/c1-4-13-33(14-5-1)34-23-26-37(27-24-34)48-50-47(36-15-6-2-7-16-36)51-49(52-48)40-18-12-17-38(31-40)39-28-25-35-29-30-45-46(43(35)32-39)42-21-10-11-22-44(42)53(45)41-19-8-3-9-20-41/h1-32H/p+1. The molecular formula is C49H33N4+. The minimum Gasteiger partial charge on any atom is -0.309 e. The molecular weight excluding hydrogens is 645 g/mol. The first kappa shape index (κ1) is 30.6. The normalized spacial score (nSPS) is 12.7. The number of nitrogens with one attached hydrogen (secondary N) is 1. The van der Waals surface area contributed by atoms with Gasteiger partial charge in [-0.25, -0.2) is 9.98 Å². The van der Waals surface area contributed by atoms with E-state index in [9.17, 15) is 0 Å². The van der Waals surface area contributed by atoms with E-state index < -0.39 is 0 Å². The highest BCUT2D eigenvalue weighted by Gasteiger charge is 2.26. The first-order chi connectivity index (χ1) is 26.3. The monoisotopic (exact) mass is 677 g/mol. The highest BCUT2D eigenvalue weighted by Crippen LogP contribution is 2.38. The summed E-state index contributed by atoms with van der Waals surface area (Å²) in [5.74, 6) is 2.20. The summed E-state index contributed by atoms with van der Waals surface area (Å²) in [6.45, 7) is 0. The molecule has 1 N–H and O–H groups in total. The maximum absolute atomic E-state index is 5.12. The van der Waals surface area contributed by atoms with Crippen molar-refractivity contribution in [3.63, 3.8) is 0 Å². The molecule has 2 heterocycles. The molecule has 1 aliphatic rings. The minimum atomic E-state index is 0.672. The first-order valence-electron chi connectivity index (χ1n) is 17.9. The van der Waals surface area contributed by atoms with Crippen molar-refractivity contribution in [3.8, 4) is 27.9 Å². The van der Waals surface area contributed by atoms with E-state index in [0.717, 1.165) is 50.7 Å². The van der Waals surface area contributed by atoms with Crippen molar-refractivity contribution in [2.24, 2.45) is 4.99 Å². The molecule has 0 saturated carbocycles. The zero-order chi connectivity index (χ0) is 35.1. The number of aliphatic imine (C=N–C) groups is 1. The van der Waals surface area contributed by atoms with Gasteiger partial charge in [0.15, 0.2) is 0 Å². The number of benzene rings is 8. The van der Waals surface area contributed by atoms with E-state index in [0.29, 0.717) is 5.84 Å². The van der Waals surface area contributed by atoms with Crippen LogP contribution in [0.4, 0.5) is 0 Å². The Bertz CT molecular complexity index is 2920. The van der Waals surface area contributed by atoms with E-state index in [2.05, 4.69) is 180 Å². The van der Waals surface area contributed by atoms with Crippen LogP contribution in [-0.2, 0) is 0 Å². The van der Waals surface area contributed by atoms with Gasteiger partial charge in [0.2, 0.25) is 0 Å². The molecule has 0 bridgehead atoms. The lowest BCUT2D eigenvalue weighted by atomic mass is 9.97. The lowest BCUT2D eigenvalue weighted by Crippen LogP contribution is -2.38. The molecule has 248 valence electrons. The van der Waals surface area contributed by atoms with Crippen LogP contribution in [0, 0.1) is 0 Å². The maximum Gasteiger partial charge on any atom is 0.360 e. The van der Waals surface area contributed by atoms with E-state index in [-0.39, 0.29) is 0 Å². The van der Waals surface area contributed by atoms with Crippen molar-refractivity contribution in [1.82, 2.24) is 14.6 Å². The fourth-order valence-corrected chi connectivity index (χ4v) is 7.51. The molecule has 0 saturated heterocycles. The van der Waals surface area contributed by atoms with Crippen LogP contribution in [0.25, 0.3) is 60.5 Å². The van der Waals surface area contributed by atoms with E-state index >= 15 is 0 Å². The van der Waals surface area contributed by atoms with E-state index in [4.69, 9.17) is 9.66 Å². The Morgan fingerprint density at radius 2 is 1.00 bits per heavy atom. The molecule has 10 rings (SSSR count). The Hall–Kier alpha value is -7.26. The van der Waals surface area contributed by atoms with Crippen LogP contribution >= 0.6 is 0 Å². The Morgan fingerprint density at radius 1 is 0.415 bits per heavy atom. The summed E-state index contributed by atoms with van der Waals surface area (Å²) in [4.78, 5) is 5.12. The number of aromatic nitrogens is 1. The molecule has 1 aromatic heterocycles. The summed E-state index contributed by atoms with van der Waals surface area (Å²) in [6, 6.07) is 68.5. The summed E-state index contributed by atoms with van der Waals surface area (Å²) in [5.41, 5.74) is 11.1. The van der Waals surface area contributed by atoms with Crippen molar-refractivity contribution in [2.75, 3.05) is 0 Å². The smallest absolute Gasteiger partial charge is 0.309 e. The molecule has 0 radical (unpaired) electrons. The molecule has 53 heavy (non-hydrogen) atoms. The second-order valence-electron chi connectivity index (χ2n) is 13.3. The average Bonchev–Trinajstić information content (AvgIpc) is 3.59. The maximum atomic E-state index is 5.12. The van der Waals surface area contributed by atoms with Crippen LogP contribution in [0.2, 0.25) is 0 Å². The molecule has 0 fully saturated rings. The molecule has 0 aliphatic carbocycles. The third kappa shape index (κ3) is 5.51. The summed E-state index contributed by atoms with van der Waals surface area (Å²) in [7, 11) is 0. The topological polar surface area (TPSA) is 43.4 Å². The van der Waals surface area contributed by atoms with Crippen LogP contribution in [0.1, 0.15) is 16.7 Å². The van der Waals surface area contributed by atoms with Gasteiger partial charge in [-0.15, -0.1) is 0 Å². The molecule has 0 unspecified atom stereocenters. The van der Waals surface area contributed by atoms with Gasteiger partial charge in [-0.2, -0.15) is 0 Å². The van der Waals surface area contributed by atoms with E-state index in [1.165, 1.54) is 38.1 Å². The van der Waals surface area contributed by atoms with Crippen LogP contribution in [0.3, 0.4) is 0 Å². The van der Waals surface area contributed by atoms with Crippen LogP contribution < -0.4 is 9.98 Å².